The summed E-state index contributed by atoms with van der Waals surface area (Å²) in [6, 6.07) is 0. The minimum atomic E-state index is 0. The van der Waals surface area contributed by atoms with Gasteiger partial charge in [0, 0.05) is 17.1 Å². The molecular formula is CH10BiCuIn. The molecule has 0 fully saturated rings. The first-order valence-electron chi connectivity index (χ1n) is 0. The summed E-state index contributed by atoms with van der Waals surface area (Å²) in [5, 5.41) is 0. The molecule has 0 atom stereocenters. The van der Waals surface area contributed by atoms with E-state index >= 15 is 0 Å². The average molecular weight is 409 g/mol. The molecule has 0 rings (SSSR count). The maximum atomic E-state index is 0. The van der Waals surface area contributed by atoms with Crippen LogP contribution >= 0.6 is 0 Å². The fourth-order valence-corrected chi connectivity index (χ4v) is 0. The second-order valence-corrected chi connectivity index (χ2v) is 0. The molecule has 0 saturated heterocycles. The third-order valence-electron chi connectivity index (χ3n) is 0. The van der Waals surface area contributed by atoms with Crippen LogP contribution in [-0.2, 0) is 17.1 Å². The average Bonchev–Trinajstić information content (AvgIpc) is 0. The normalized spacial score (nSPS) is 0. The van der Waals surface area contributed by atoms with E-state index in [2.05, 4.69) is 0 Å². The van der Waals surface area contributed by atoms with Gasteiger partial charge in [0.25, 0.3) is 0 Å². The van der Waals surface area contributed by atoms with Gasteiger partial charge in [-0.05, 0) is 0 Å². The SMILES string of the molecule is C.[BiH3].[Cu].[InH3]. The van der Waals surface area contributed by atoms with Crippen molar-refractivity contribution < 1.29 is 17.1 Å². The van der Waals surface area contributed by atoms with E-state index in [4.69, 9.17) is 0 Å². The molecule has 0 bridgehead atoms. The van der Waals surface area contributed by atoms with Gasteiger partial charge in [-0.2, -0.15) is 0 Å². The Morgan fingerprint density at radius 1 is 1.00 bits per heavy atom. The maximum absolute atomic E-state index is 0. The zero-order valence-electron chi connectivity index (χ0n) is 1.01. The van der Waals surface area contributed by atoms with Crippen LogP contribution in [-0.4, -0.2) is 52.0 Å². The molecule has 0 aromatic heterocycles. The van der Waals surface area contributed by atoms with Gasteiger partial charge in [-0.15, -0.1) is 0 Å². The summed E-state index contributed by atoms with van der Waals surface area (Å²) in [5.74, 6) is 0. The zero-order chi connectivity index (χ0) is 0. The first kappa shape index (κ1) is 33.8. The standard InChI is InChI=1S/CH4.Bi.Cu.In.6H/h1H4;;;;;;;;;. The quantitative estimate of drug-likeness (QED) is 0.417. The van der Waals surface area contributed by atoms with E-state index in [0.717, 1.165) is 0 Å². The van der Waals surface area contributed by atoms with Gasteiger partial charge in [0.2, 0.25) is 0 Å². The molecule has 0 aliphatic heterocycles. The van der Waals surface area contributed by atoms with E-state index in [1.807, 2.05) is 0 Å². The molecule has 33 valence electrons. The molecule has 3 heteroatoms. The van der Waals surface area contributed by atoms with Crippen LogP contribution in [0.4, 0.5) is 0 Å². The van der Waals surface area contributed by atoms with Crippen LogP contribution < -0.4 is 0 Å². The van der Waals surface area contributed by atoms with E-state index in [0.29, 0.717) is 0 Å². The van der Waals surface area contributed by atoms with Gasteiger partial charge in [0.1, 0.15) is 0 Å². The van der Waals surface area contributed by atoms with E-state index < -0.39 is 0 Å². The second kappa shape index (κ2) is 18.6. The van der Waals surface area contributed by atoms with E-state index in [1.165, 1.54) is 0 Å². The molecule has 0 saturated carbocycles. The second-order valence-electron chi connectivity index (χ2n) is 0. The Bertz CT molecular complexity index is 8.00. The predicted molar refractivity (Wildman–Crippen MR) is 26.6 cm³/mol. The van der Waals surface area contributed by atoms with Crippen molar-refractivity contribution in [3.05, 3.63) is 0 Å². The third-order valence-corrected chi connectivity index (χ3v) is 0. The number of rotatable bonds is 0. The van der Waals surface area contributed by atoms with Gasteiger partial charge < -0.3 is 0 Å². The summed E-state index contributed by atoms with van der Waals surface area (Å²) in [4.78, 5) is 0. The number of hydrogen-bond acceptors (Lipinski definition) is 0. The monoisotopic (exact) mass is 409 g/mol. The van der Waals surface area contributed by atoms with Gasteiger partial charge in [0.15, 0.2) is 0 Å². The third kappa shape index (κ3) is 8.86. The van der Waals surface area contributed by atoms with Gasteiger partial charge in [-0.25, -0.2) is 0 Å². The Kier molecular flexibility index (Phi) is 157. The Morgan fingerprint density at radius 2 is 1.00 bits per heavy atom. The Morgan fingerprint density at radius 3 is 1.00 bits per heavy atom. The summed E-state index contributed by atoms with van der Waals surface area (Å²) in [5.41, 5.74) is 0. The molecule has 0 spiro atoms. The summed E-state index contributed by atoms with van der Waals surface area (Å²) >= 11 is 0. The molecule has 0 aliphatic carbocycles. The summed E-state index contributed by atoms with van der Waals surface area (Å²) in [6.45, 7) is 0. The van der Waals surface area contributed by atoms with Gasteiger partial charge in [-0.3, -0.25) is 0 Å². The van der Waals surface area contributed by atoms with Crippen molar-refractivity contribution in [1.82, 2.24) is 0 Å². The van der Waals surface area contributed by atoms with Crippen LogP contribution in [0.5, 0.6) is 0 Å². The first-order chi connectivity index (χ1) is 0. The molecule has 0 aliphatic rings. The molecule has 4 heavy (non-hydrogen) atoms. The van der Waals surface area contributed by atoms with Crippen molar-refractivity contribution >= 4 is 52.0 Å². The minimum absolute atomic E-state index is 0. The molecule has 0 N–H and O–H groups in total. The molecule has 0 nitrogen and oxygen atoms in total. The van der Waals surface area contributed by atoms with Crippen LogP contribution in [0.1, 0.15) is 7.43 Å². The van der Waals surface area contributed by atoms with Gasteiger partial charge >= 0.3 is 52.0 Å². The molecule has 0 amide bonds. The van der Waals surface area contributed by atoms with Crippen molar-refractivity contribution in [3.8, 4) is 0 Å². The molecule has 0 unspecified atom stereocenters. The summed E-state index contributed by atoms with van der Waals surface area (Å²) in [6.07, 6.45) is 0. The van der Waals surface area contributed by atoms with Crippen molar-refractivity contribution in [1.29, 1.82) is 0 Å². The van der Waals surface area contributed by atoms with E-state index in [1.54, 1.807) is 0 Å². The van der Waals surface area contributed by atoms with Gasteiger partial charge in [-0.1, -0.05) is 7.43 Å². The van der Waals surface area contributed by atoms with Crippen LogP contribution in [0, 0.1) is 0 Å². The van der Waals surface area contributed by atoms with E-state index in [9.17, 15) is 0 Å². The topological polar surface area (TPSA) is 0 Å². The fourth-order valence-electron chi connectivity index (χ4n) is 0. The van der Waals surface area contributed by atoms with Crippen LogP contribution in [0.2, 0.25) is 0 Å². The zero-order valence-corrected chi connectivity index (χ0v) is 7.45. The van der Waals surface area contributed by atoms with Crippen molar-refractivity contribution in [2.75, 3.05) is 0 Å². The summed E-state index contributed by atoms with van der Waals surface area (Å²) < 4.78 is 0. The summed E-state index contributed by atoms with van der Waals surface area (Å²) in [7, 11) is 0. The number of hydrogen-bond donors (Lipinski definition) is 0. The van der Waals surface area contributed by atoms with Crippen molar-refractivity contribution in [3.63, 3.8) is 0 Å². The predicted octanol–water partition coefficient (Wildman–Crippen LogP) is -1.73. The van der Waals surface area contributed by atoms with Gasteiger partial charge in [0.05, 0.1) is 0 Å². The molecular weight excluding hydrogens is 399 g/mol. The molecule has 0 aromatic rings. The Balaban J connectivity index is 0. The Labute approximate surface area is 75.5 Å². The van der Waals surface area contributed by atoms with Crippen molar-refractivity contribution in [2.24, 2.45) is 0 Å². The van der Waals surface area contributed by atoms with Crippen LogP contribution in [0.25, 0.3) is 0 Å². The molecule has 0 aromatic carbocycles. The van der Waals surface area contributed by atoms with Crippen LogP contribution in [0.15, 0.2) is 0 Å². The van der Waals surface area contributed by atoms with E-state index in [-0.39, 0.29) is 76.5 Å². The van der Waals surface area contributed by atoms with Crippen molar-refractivity contribution in [2.45, 2.75) is 7.43 Å². The fraction of sp³-hybridized carbons (Fsp3) is 1.00. The van der Waals surface area contributed by atoms with Crippen LogP contribution in [0.3, 0.4) is 0 Å². The molecule has 0 heterocycles. The molecule has 1 radical (unpaired) electrons. The Hall–Kier alpha value is 2.27. The first-order valence-corrected chi connectivity index (χ1v) is 0.